The Morgan fingerprint density at radius 3 is 2.74 bits per heavy atom. The van der Waals surface area contributed by atoms with Crippen molar-refractivity contribution in [3.05, 3.63) is 35.4 Å². The zero-order chi connectivity index (χ0) is 13.3. The first-order valence-corrected chi connectivity index (χ1v) is 6.89. The molecular formula is C15H19NO3. The second kappa shape index (κ2) is 4.94. The number of hydrogen-bond acceptors (Lipinski definition) is 3. The minimum atomic E-state index is -0.876. The maximum Gasteiger partial charge on any atom is 0.335 e. The quantitative estimate of drug-likeness (QED) is 0.858. The van der Waals surface area contributed by atoms with Gasteiger partial charge in [0.25, 0.3) is 0 Å². The van der Waals surface area contributed by atoms with E-state index in [1.807, 2.05) is 12.1 Å². The van der Waals surface area contributed by atoms with Crippen LogP contribution in [-0.4, -0.2) is 29.8 Å². The van der Waals surface area contributed by atoms with Gasteiger partial charge in [0.2, 0.25) is 0 Å². The van der Waals surface area contributed by atoms with Crippen LogP contribution in [0.1, 0.15) is 47.6 Å². The van der Waals surface area contributed by atoms with E-state index in [0.29, 0.717) is 5.56 Å². The summed E-state index contributed by atoms with van der Waals surface area (Å²) in [5.74, 6) is -0.876. The third-order valence-electron chi connectivity index (χ3n) is 4.29. The zero-order valence-electron chi connectivity index (χ0n) is 10.9. The van der Waals surface area contributed by atoms with Gasteiger partial charge in [0.1, 0.15) is 0 Å². The second-order valence-corrected chi connectivity index (χ2v) is 5.52. The summed E-state index contributed by atoms with van der Waals surface area (Å²) in [6.07, 6.45) is 4.37. The van der Waals surface area contributed by atoms with E-state index in [2.05, 4.69) is 5.32 Å². The maximum absolute atomic E-state index is 10.9. The molecule has 4 nitrogen and oxygen atoms in total. The summed E-state index contributed by atoms with van der Waals surface area (Å²) in [5.41, 5.74) is 1.55. The van der Waals surface area contributed by atoms with E-state index in [4.69, 9.17) is 9.84 Å². The molecule has 1 spiro atoms. The summed E-state index contributed by atoms with van der Waals surface area (Å²) >= 11 is 0. The highest BCUT2D eigenvalue weighted by Crippen LogP contribution is 2.39. The average molecular weight is 261 g/mol. The monoisotopic (exact) mass is 261 g/mol. The predicted octanol–water partition coefficient (Wildman–Crippen LogP) is 2.36. The van der Waals surface area contributed by atoms with E-state index in [-0.39, 0.29) is 11.6 Å². The van der Waals surface area contributed by atoms with Crippen LogP contribution >= 0.6 is 0 Å². The number of carbonyl (C=O) groups is 1. The number of benzene rings is 1. The Morgan fingerprint density at radius 2 is 2.11 bits per heavy atom. The van der Waals surface area contributed by atoms with Crippen LogP contribution in [0.25, 0.3) is 0 Å². The van der Waals surface area contributed by atoms with Gasteiger partial charge in [-0.2, -0.15) is 0 Å². The van der Waals surface area contributed by atoms with Gasteiger partial charge >= 0.3 is 5.97 Å². The maximum atomic E-state index is 10.9. The molecule has 102 valence electrons. The number of piperidine rings is 1. The fraction of sp³-hybridized carbons (Fsp3) is 0.533. The third-order valence-corrected chi connectivity index (χ3v) is 4.29. The van der Waals surface area contributed by atoms with Crippen molar-refractivity contribution in [2.24, 2.45) is 0 Å². The van der Waals surface area contributed by atoms with Gasteiger partial charge in [-0.3, -0.25) is 0 Å². The molecule has 2 atom stereocenters. The van der Waals surface area contributed by atoms with Crippen LogP contribution in [-0.2, 0) is 4.74 Å². The molecule has 2 N–H and O–H groups in total. The molecule has 0 radical (unpaired) electrons. The topological polar surface area (TPSA) is 58.6 Å². The summed E-state index contributed by atoms with van der Waals surface area (Å²) in [6.45, 7) is 1.84. The van der Waals surface area contributed by atoms with Gasteiger partial charge in [-0.25, -0.2) is 4.79 Å². The van der Waals surface area contributed by atoms with Gasteiger partial charge in [0.15, 0.2) is 0 Å². The van der Waals surface area contributed by atoms with Crippen molar-refractivity contribution in [3.8, 4) is 0 Å². The second-order valence-electron chi connectivity index (χ2n) is 5.52. The highest BCUT2D eigenvalue weighted by molar-refractivity contribution is 5.87. The van der Waals surface area contributed by atoms with Gasteiger partial charge in [-0.05, 0) is 49.9 Å². The lowest BCUT2D eigenvalue weighted by molar-refractivity contribution is -0.0310. The molecule has 0 bridgehead atoms. The number of rotatable bonds is 2. The standard InChI is InChI=1S/C15H19NO3/c17-14(18)12-4-2-11(3-5-12)13-10-15(7-8-16-13)6-1-9-19-15/h2-5,13,16H,1,6-10H2,(H,17,18)/t13-,15?/m0/s1. The Labute approximate surface area is 112 Å². The average Bonchev–Trinajstić information content (AvgIpc) is 2.87. The van der Waals surface area contributed by atoms with Crippen molar-refractivity contribution in [3.63, 3.8) is 0 Å². The molecule has 3 rings (SSSR count). The van der Waals surface area contributed by atoms with Crippen LogP contribution < -0.4 is 5.32 Å². The molecule has 2 aliphatic rings. The Kier molecular flexibility index (Phi) is 3.29. The molecule has 2 fully saturated rings. The predicted molar refractivity (Wildman–Crippen MR) is 71.3 cm³/mol. The number of hydrogen-bond donors (Lipinski definition) is 2. The van der Waals surface area contributed by atoms with Crippen molar-refractivity contribution in [2.45, 2.75) is 37.3 Å². The fourth-order valence-corrected chi connectivity index (χ4v) is 3.23. The molecular weight excluding hydrogens is 242 g/mol. The summed E-state index contributed by atoms with van der Waals surface area (Å²) in [7, 11) is 0. The van der Waals surface area contributed by atoms with Crippen LogP contribution in [0.3, 0.4) is 0 Å². The molecule has 1 unspecified atom stereocenters. The summed E-state index contributed by atoms with van der Waals surface area (Å²) in [6, 6.07) is 7.45. The van der Waals surface area contributed by atoms with Crippen molar-refractivity contribution in [1.29, 1.82) is 0 Å². The molecule has 2 aliphatic heterocycles. The van der Waals surface area contributed by atoms with Crippen LogP contribution in [0, 0.1) is 0 Å². The molecule has 2 heterocycles. The van der Waals surface area contributed by atoms with Crippen LogP contribution in [0.2, 0.25) is 0 Å². The highest BCUT2D eigenvalue weighted by atomic mass is 16.5. The van der Waals surface area contributed by atoms with Crippen molar-refractivity contribution in [2.75, 3.05) is 13.2 Å². The first-order chi connectivity index (χ1) is 9.19. The Hall–Kier alpha value is -1.39. The molecule has 2 saturated heterocycles. The van der Waals surface area contributed by atoms with E-state index >= 15 is 0 Å². The number of nitrogens with one attached hydrogen (secondary N) is 1. The van der Waals surface area contributed by atoms with Gasteiger partial charge in [-0.15, -0.1) is 0 Å². The van der Waals surface area contributed by atoms with Crippen LogP contribution in [0.4, 0.5) is 0 Å². The number of ether oxygens (including phenoxy) is 1. The normalized spacial score (nSPS) is 30.6. The first-order valence-electron chi connectivity index (χ1n) is 6.89. The molecule has 0 saturated carbocycles. The van der Waals surface area contributed by atoms with Gasteiger partial charge in [-0.1, -0.05) is 12.1 Å². The van der Waals surface area contributed by atoms with Gasteiger partial charge in [0.05, 0.1) is 11.2 Å². The SMILES string of the molecule is O=C(O)c1ccc([C@@H]2CC3(CCCO3)CCN2)cc1. The van der Waals surface area contributed by atoms with Crippen molar-refractivity contribution in [1.82, 2.24) is 5.32 Å². The van der Waals surface area contributed by atoms with Crippen LogP contribution in [0.15, 0.2) is 24.3 Å². The minimum Gasteiger partial charge on any atom is -0.478 e. The Bertz CT molecular complexity index is 463. The van der Waals surface area contributed by atoms with Crippen molar-refractivity contribution < 1.29 is 14.6 Å². The minimum absolute atomic E-state index is 0.0569. The lowest BCUT2D eigenvalue weighted by Gasteiger charge is -2.38. The number of carboxylic acids is 1. The zero-order valence-corrected chi connectivity index (χ0v) is 10.9. The first kappa shape index (κ1) is 12.6. The molecule has 1 aromatic carbocycles. The highest BCUT2D eigenvalue weighted by Gasteiger charge is 2.40. The molecule has 0 amide bonds. The molecule has 1 aromatic rings. The lowest BCUT2D eigenvalue weighted by atomic mass is 9.83. The van der Waals surface area contributed by atoms with E-state index in [0.717, 1.165) is 44.4 Å². The summed E-state index contributed by atoms with van der Waals surface area (Å²) in [4.78, 5) is 10.9. The van der Waals surface area contributed by atoms with Gasteiger partial charge < -0.3 is 15.2 Å². The van der Waals surface area contributed by atoms with E-state index < -0.39 is 5.97 Å². The smallest absolute Gasteiger partial charge is 0.335 e. The molecule has 0 aliphatic carbocycles. The number of aromatic carboxylic acids is 1. The summed E-state index contributed by atoms with van der Waals surface area (Å²) < 4.78 is 5.96. The molecule has 19 heavy (non-hydrogen) atoms. The Balaban J connectivity index is 1.76. The van der Waals surface area contributed by atoms with Gasteiger partial charge in [0, 0.05) is 12.6 Å². The molecule has 4 heteroatoms. The van der Waals surface area contributed by atoms with Crippen molar-refractivity contribution >= 4 is 5.97 Å². The van der Waals surface area contributed by atoms with E-state index in [1.54, 1.807) is 12.1 Å². The fourth-order valence-electron chi connectivity index (χ4n) is 3.23. The van der Waals surface area contributed by atoms with E-state index in [9.17, 15) is 4.79 Å². The van der Waals surface area contributed by atoms with E-state index in [1.165, 1.54) is 0 Å². The summed E-state index contributed by atoms with van der Waals surface area (Å²) in [5, 5.41) is 12.4. The van der Waals surface area contributed by atoms with Crippen LogP contribution in [0.5, 0.6) is 0 Å². The third kappa shape index (κ3) is 2.51. The largest absolute Gasteiger partial charge is 0.478 e. The number of carboxylic acid groups (broad SMARTS) is 1. The molecule has 0 aromatic heterocycles. The Morgan fingerprint density at radius 1 is 1.32 bits per heavy atom. The lowest BCUT2D eigenvalue weighted by Crippen LogP contribution is -2.43.